The summed E-state index contributed by atoms with van der Waals surface area (Å²) in [5, 5.41) is 4.71. The lowest BCUT2D eigenvalue weighted by atomic mass is 10.1. The van der Waals surface area contributed by atoms with Crippen molar-refractivity contribution in [3.8, 4) is 0 Å². The van der Waals surface area contributed by atoms with E-state index < -0.39 is 0 Å². The first-order valence-corrected chi connectivity index (χ1v) is 7.52. The van der Waals surface area contributed by atoms with Gasteiger partial charge in [0.15, 0.2) is 0 Å². The van der Waals surface area contributed by atoms with E-state index >= 15 is 0 Å². The Kier molecular flexibility index (Phi) is 3.90. The highest BCUT2D eigenvalue weighted by molar-refractivity contribution is 6.31. The van der Waals surface area contributed by atoms with E-state index in [0.29, 0.717) is 5.02 Å². The van der Waals surface area contributed by atoms with Gasteiger partial charge >= 0.3 is 0 Å². The Labute approximate surface area is 134 Å². The Hall–Kier alpha value is -2.26. The minimum atomic E-state index is -0.0406. The number of halogens is 1. The Morgan fingerprint density at radius 3 is 2.77 bits per heavy atom. The van der Waals surface area contributed by atoms with Crippen molar-refractivity contribution in [1.29, 1.82) is 0 Å². The molecular formula is C18H17ClN2O. The molecule has 1 heterocycles. The molecule has 0 radical (unpaired) electrons. The van der Waals surface area contributed by atoms with Crippen molar-refractivity contribution in [2.24, 2.45) is 0 Å². The van der Waals surface area contributed by atoms with E-state index in [-0.39, 0.29) is 12.5 Å². The standard InChI is InChI=1S/C18H17ClN2O/c1-12-3-4-13(2)16(9-12)20-18(22)11-21-8-7-14-10-15(19)5-6-17(14)21/h3-10H,11H2,1-2H3,(H,20,22). The lowest BCUT2D eigenvalue weighted by molar-refractivity contribution is -0.116. The van der Waals surface area contributed by atoms with Gasteiger partial charge in [0.1, 0.15) is 6.54 Å². The van der Waals surface area contributed by atoms with Crippen LogP contribution < -0.4 is 5.32 Å². The van der Waals surface area contributed by atoms with Crippen molar-refractivity contribution in [2.75, 3.05) is 5.32 Å². The quantitative estimate of drug-likeness (QED) is 0.756. The second-order valence-electron chi connectivity index (χ2n) is 5.51. The summed E-state index contributed by atoms with van der Waals surface area (Å²) in [7, 11) is 0. The minimum absolute atomic E-state index is 0.0406. The largest absolute Gasteiger partial charge is 0.338 e. The van der Waals surface area contributed by atoms with Gasteiger partial charge in [-0.3, -0.25) is 4.79 Å². The number of hydrogen-bond acceptors (Lipinski definition) is 1. The molecular weight excluding hydrogens is 296 g/mol. The van der Waals surface area contributed by atoms with Gasteiger partial charge in [-0.25, -0.2) is 0 Å². The molecule has 0 saturated heterocycles. The molecule has 0 aliphatic rings. The van der Waals surface area contributed by atoms with Crippen LogP contribution in [-0.4, -0.2) is 10.5 Å². The Morgan fingerprint density at radius 2 is 1.95 bits per heavy atom. The predicted molar refractivity (Wildman–Crippen MR) is 91.5 cm³/mol. The smallest absolute Gasteiger partial charge is 0.244 e. The van der Waals surface area contributed by atoms with Gasteiger partial charge in [0, 0.05) is 27.8 Å². The molecule has 22 heavy (non-hydrogen) atoms. The zero-order valence-electron chi connectivity index (χ0n) is 12.6. The number of benzene rings is 2. The Morgan fingerprint density at radius 1 is 1.14 bits per heavy atom. The molecule has 0 aliphatic carbocycles. The lowest BCUT2D eigenvalue weighted by Crippen LogP contribution is -2.18. The number of fused-ring (bicyclic) bond motifs is 1. The lowest BCUT2D eigenvalue weighted by Gasteiger charge is -2.10. The number of aromatic nitrogens is 1. The number of carbonyl (C=O) groups excluding carboxylic acids is 1. The first-order valence-electron chi connectivity index (χ1n) is 7.14. The zero-order valence-corrected chi connectivity index (χ0v) is 13.3. The monoisotopic (exact) mass is 312 g/mol. The van der Waals surface area contributed by atoms with E-state index in [1.807, 2.05) is 67.1 Å². The molecule has 2 aromatic carbocycles. The number of nitrogens with zero attached hydrogens (tertiary/aromatic N) is 1. The summed E-state index contributed by atoms with van der Waals surface area (Å²) < 4.78 is 1.92. The molecule has 3 nitrogen and oxygen atoms in total. The molecule has 1 aromatic heterocycles. The van der Waals surface area contributed by atoms with Gasteiger partial charge in [0.05, 0.1) is 0 Å². The topological polar surface area (TPSA) is 34.0 Å². The molecule has 0 unspecified atom stereocenters. The molecule has 3 rings (SSSR count). The van der Waals surface area contributed by atoms with Crippen molar-refractivity contribution < 1.29 is 4.79 Å². The van der Waals surface area contributed by atoms with Gasteiger partial charge in [-0.15, -0.1) is 0 Å². The number of rotatable bonds is 3. The molecule has 1 amide bonds. The van der Waals surface area contributed by atoms with Crippen LogP contribution >= 0.6 is 11.6 Å². The van der Waals surface area contributed by atoms with Gasteiger partial charge in [-0.05, 0) is 55.3 Å². The minimum Gasteiger partial charge on any atom is -0.338 e. The van der Waals surface area contributed by atoms with Crippen LogP contribution in [0.15, 0.2) is 48.7 Å². The van der Waals surface area contributed by atoms with E-state index in [0.717, 1.165) is 27.7 Å². The summed E-state index contributed by atoms with van der Waals surface area (Å²) in [6.45, 7) is 4.28. The average Bonchev–Trinajstić information content (AvgIpc) is 2.85. The van der Waals surface area contributed by atoms with Crippen LogP contribution in [0.2, 0.25) is 5.02 Å². The van der Waals surface area contributed by atoms with Crippen molar-refractivity contribution >= 4 is 34.1 Å². The number of anilines is 1. The zero-order chi connectivity index (χ0) is 15.7. The third kappa shape index (κ3) is 3.00. The molecule has 0 bridgehead atoms. The fraction of sp³-hybridized carbons (Fsp3) is 0.167. The van der Waals surface area contributed by atoms with Crippen LogP contribution in [0.25, 0.3) is 10.9 Å². The summed E-state index contributed by atoms with van der Waals surface area (Å²) >= 11 is 5.98. The van der Waals surface area contributed by atoms with Crippen LogP contribution in [-0.2, 0) is 11.3 Å². The molecule has 3 aromatic rings. The molecule has 0 aliphatic heterocycles. The Balaban J connectivity index is 1.80. The Bertz CT molecular complexity index is 851. The summed E-state index contributed by atoms with van der Waals surface area (Å²) in [6.07, 6.45) is 1.91. The fourth-order valence-corrected chi connectivity index (χ4v) is 2.70. The second kappa shape index (κ2) is 5.85. The van der Waals surface area contributed by atoms with E-state index in [4.69, 9.17) is 11.6 Å². The first-order chi connectivity index (χ1) is 10.5. The number of hydrogen-bond donors (Lipinski definition) is 1. The molecule has 0 atom stereocenters. The summed E-state index contributed by atoms with van der Waals surface area (Å²) in [4.78, 5) is 12.3. The van der Waals surface area contributed by atoms with Crippen molar-refractivity contribution in [2.45, 2.75) is 20.4 Å². The van der Waals surface area contributed by atoms with Crippen LogP contribution in [0, 0.1) is 13.8 Å². The van der Waals surface area contributed by atoms with Crippen LogP contribution in [0.3, 0.4) is 0 Å². The second-order valence-corrected chi connectivity index (χ2v) is 5.95. The third-order valence-corrected chi connectivity index (χ3v) is 3.95. The predicted octanol–water partition coefficient (Wildman–Crippen LogP) is 4.55. The van der Waals surface area contributed by atoms with Crippen molar-refractivity contribution in [3.05, 3.63) is 64.8 Å². The van der Waals surface area contributed by atoms with E-state index in [1.54, 1.807) is 0 Å². The van der Waals surface area contributed by atoms with Crippen LogP contribution in [0.1, 0.15) is 11.1 Å². The maximum absolute atomic E-state index is 12.3. The number of carbonyl (C=O) groups is 1. The first kappa shape index (κ1) is 14.7. The molecule has 1 N–H and O–H groups in total. The molecule has 0 fully saturated rings. The average molecular weight is 313 g/mol. The normalized spacial score (nSPS) is 10.9. The maximum atomic E-state index is 12.3. The summed E-state index contributed by atoms with van der Waals surface area (Å²) in [5.74, 6) is -0.0406. The highest BCUT2D eigenvalue weighted by atomic mass is 35.5. The van der Waals surface area contributed by atoms with Gasteiger partial charge in [0.2, 0.25) is 5.91 Å². The van der Waals surface area contributed by atoms with Gasteiger partial charge in [0.25, 0.3) is 0 Å². The molecule has 0 saturated carbocycles. The maximum Gasteiger partial charge on any atom is 0.244 e. The highest BCUT2D eigenvalue weighted by Gasteiger charge is 2.08. The van der Waals surface area contributed by atoms with Crippen molar-refractivity contribution in [3.63, 3.8) is 0 Å². The SMILES string of the molecule is Cc1ccc(C)c(NC(=O)Cn2ccc3cc(Cl)ccc32)c1. The van der Waals surface area contributed by atoms with Gasteiger partial charge in [-0.1, -0.05) is 23.7 Å². The number of aryl methyl sites for hydroxylation is 2. The fourth-order valence-electron chi connectivity index (χ4n) is 2.52. The molecule has 112 valence electrons. The third-order valence-electron chi connectivity index (χ3n) is 3.71. The number of nitrogens with one attached hydrogen (secondary N) is 1. The number of amides is 1. The van der Waals surface area contributed by atoms with Gasteiger partial charge < -0.3 is 9.88 Å². The van der Waals surface area contributed by atoms with Crippen LogP contribution in [0.5, 0.6) is 0 Å². The van der Waals surface area contributed by atoms with Crippen molar-refractivity contribution in [1.82, 2.24) is 4.57 Å². The van der Waals surface area contributed by atoms with Gasteiger partial charge in [-0.2, -0.15) is 0 Å². The highest BCUT2D eigenvalue weighted by Crippen LogP contribution is 2.21. The molecule has 0 spiro atoms. The van der Waals surface area contributed by atoms with E-state index in [1.165, 1.54) is 0 Å². The summed E-state index contributed by atoms with van der Waals surface area (Å²) in [6, 6.07) is 13.7. The van der Waals surface area contributed by atoms with E-state index in [9.17, 15) is 4.79 Å². The molecule has 4 heteroatoms. The summed E-state index contributed by atoms with van der Waals surface area (Å²) in [5.41, 5.74) is 4.05. The van der Waals surface area contributed by atoms with E-state index in [2.05, 4.69) is 5.32 Å². The van der Waals surface area contributed by atoms with Crippen LogP contribution in [0.4, 0.5) is 5.69 Å².